The van der Waals surface area contributed by atoms with Crippen LogP contribution >= 0.6 is 0 Å². The molecule has 1 amide bonds. The summed E-state index contributed by atoms with van der Waals surface area (Å²) in [6, 6.07) is 7.53. The average Bonchev–Trinajstić information content (AvgIpc) is 2.64. The molecule has 1 saturated heterocycles. The number of amides is 1. The van der Waals surface area contributed by atoms with Gasteiger partial charge in [0.1, 0.15) is 17.8 Å². The van der Waals surface area contributed by atoms with E-state index in [0.717, 1.165) is 18.2 Å². The van der Waals surface area contributed by atoms with Gasteiger partial charge in [0.15, 0.2) is 0 Å². The molecule has 8 heteroatoms. The Hall–Kier alpha value is -2.77. The molecule has 3 nitrogen and oxygen atoms in total. The highest BCUT2D eigenvalue weighted by molar-refractivity contribution is 6.12. The molecule has 2 aliphatic rings. The summed E-state index contributed by atoms with van der Waals surface area (Å²) in [5.74, 6) is -2.03. The van der Waals surface area contributed by atoms with E-state index in [9.17, 15) is 26.7 Å². The highest BCUT2D eigenvalue weighted by atomic mass is 19.4. The lowest BCUT2D eigenvalue weighted by molar-refractivity contribution is -0.147. The minimum atomic E-state index is -4.45. The maximum Gasteiger partial charge on any atom is 0.416 e. The number of hydrogen-bond donors (Lipinski definition) is 0. The molecule has 2 aliphatic heterocycles. The molecule has 4 rings (SSSR count). The van der Waals surface area contributed by atoms with Crippen LogP contribution in [-0.4, -0.2) is 28.7 Å². The van der Waals surface area contributed by atoms with E-state index in [2.05, 4.69) is 4.99 Å². The van der Waals surface area contributed by atoms with Gasteiger partial charge < -0.3 is 4.90 Å². The molecular weight excluding hydrogens is 391 g/mol. The van der Waals surface area contributed by atoms with Crippen LogP contribution in [0.1, 0.15) is 42.4 Å². The third kappa shape index (κ3) is 3.30. The van der Waals surface area contributed by atoms with Gasteiger partial charge in [0.05, 0.1) is 17.7 Å². The van der Waals surface area contributed by atoms with Crippen molar-refractivity contribution in [1.82, 2.24) is 4.90 Å². The van der Waals surface area contributed by atoms with E-state index in [1.807, 2.05) is 6.92 Å². The van der Waals surface area contributed by atoms with Crippen molar-refractivity contribution in [1.29, 1.82) is 0 Å². The van der Waals surface area contributed by atoms with Crippen molar-refractivity contribution in [2.75, 3.05) is 0 Å². The van der Waals surface area contributed by atoms with Crippen LogP contribution < -0.4 is 0 Å². The number of benzene rings is 2. The van der Waals surface area contributed by atoms with Crippen molar-refractivity contribution in [2.45, 2.75) is 44.1 Å². The Labute approximate surface area is 163 Å². The number of fused-ring (bicyclic) bond motifs is 1. The number of halogens is 5. The van der Waals surface area contributed by atoms with E-state index < -0.39 is 35.5 Å². The highest BCUT2D eigenvalue weighted by Crippen LogP contribution is 2.46. The number of carbonyl (C=O) groups is 1. The predicted octanol–water partition coefficient (Wildman–Crippen LogP) is 4.91. The Morgan fingerprint density at radius 1 is 1.10 bits per heavy atom. The van der Waals surface area contributed by atoms with Crippen molar-refractivity contribution in [3.8, 4) is 0 Å². The fraction of sp³-hybridized carbons (Fsp3) is 0.333. The summed E-state index contributed by atoms with van der Waals surface area (Å²) >= 11 is 0. The minimum Gasteiger partial charge on any atom is -0.316 e. The molecule has 0 aromatic heterocycles. The first kappa shape index (κ1) is 19.5. The van der Waals surface area contributed by atoms with E-state index in [1.165, 1.54) is 24.3 Å². The summed E-state index contributed by atoms with van der Waals surface area (Å²) in [6.07, 6.45) is -4.56. The molecule has 0 aliphatic carbocycles. The lowest BCUT2D eigenvalue weighted by atomic mass is 9.76. The molecule has 3 unspecified atom stereocenters. The molecule has 0 saturated carbocycles. The molecule has 2 aromatic carbocycles. The summed E-state index contributed by atoms with van der Waals surface area (Å²) in [5.41, 5.74) is 0.285. The molecular formula is C21H17F5N2O. The van der Waals surface area contributed by atoms with Crippen molar-refractivity contribution in [2.24, 2.45) is 4.99 Å². The first-order valence-electron chi connectivity index (χ1n) is 9.21. The van der Waals surface area contributed by atoms with Crippen LogP contribution in [0.25, 0.3) is 0 Å². The molecule has 0 spiro atoms. The number of carbonyl (C=O) groups excluding carboxylic acids is 1. The van der Waals surface area contributed by atoms with Crippen LogP contribution in [0.5, 0.6) is 0 Å². The number of nitrogens with zero attached hydrogens (tertiary/aromatic N) is 2. The van der Waals surface area contributed by atoms with Gasteiger partial charge in [-0.1, -0.05) is 25.1 Å². The molecule has 0 radical (unpaired) electrons. The third-order valence-electron chi connectivity index (χ3n) is 5.56. The fourth-order valence-corrected chi connectivity index (χ4v) is 4.17. The Kier molecular flexibility index (Phi) is 4.67. The Morgan fingerprint density at radius 2 is 1.79 bits per heavy atom. The second-order valence-corrected chi connectivity index (χ2v) is 7.21. The van der Waals surface area contributed by atoms with Gasteiger partial charge in [-0.3, -0.25) is 9.79 Å². The van der Waals surface area contributed by atoms with Gasteiger partial charge in [0.25, 0.3) is 0 Å². The van der Waals surface area contributed by atoms with Crippen molar-refractivity contribution in [3.63, 3.8) is 0 Å². The van der Waals surface area contributed by atoms with Crippen molar-refractivity contribution >= 4 is 11.6 Å². The second-order valence-electron chi connectivity index (χ2n) is 7.21. The van der Waals surface area contributed by atoms with Crippen LogP contribution in [0.2, 0.25) is 0 Å². The zero-order valence-electron chi connectivity index (χ0n) is 15.4. The van der Waals surface area contributed by atoms with Gasteiger partial charge in [-0.15, -0.1) is 0 Å². The maximum atomic E-state index is 14.4. The number of aliphatic imine (C=N–C) groups is 1. The lowest BCUT2D eigenvalue weighted by Gasteiger charge is -2.55. The van der Waals surface area contributed by atoms with E-state index in [0.29, 0.717) is 17.7 Å². The molecule has 2 heterocycles. The van der Waals surface area contributed by atoms with Crippen LogP contribution in [0.15, 0.2) is 47.5 Å². The fourth-order valence-electron chi connectivity index (χ4n) is 4.17. The van der Waals surface area contributed by atoms with Crippen molar-refractivity contribution in [3.05, 3.63) is 70.8 Å². The standard InChI is InChI=1S/C21H17F5N2O/c1-2-17-19(14-8-7-13(22)9-15(14)23)20-27-16(10-18(29)28(17)20)11-3-5-12(6-4-11)21(24,25)26/h3-9,17,19-20H,2,10H2,1H3. The Bertz CT molecular complexity index is 984. The molecule has 3 atom stereocenters. The molecule has 2 aromatic rings. The monoisotopic (exact) mass is 408 g/mol. The van der Waals surface area contributed by atoms with Gasteiger partial charge in [0, 0.05) is 18.0 Å². The van der Waals surface area contributed by atoms with E-state index >= 15 is 0 Å². The van der Waals surface area contributed by atoms with Crippen molar-refractivity contribution < 1.29 is 26.7 Å². The summed E-state index contributed by atoms with van der Waals surface area (Å²) in [7, 11) is 0. The largest absolute Gasteiger partial charge is 0.416 e. The first-order valence-corrected chi connectivity index (χ1v) is 9.21. The van der Waals surface area contributed by atoms with Gasteiger partial charge in [-0.2, -0.15) is 13.2 Å². The van der Waals surface area contributed by atoms with E-state index in [4.69, 9.17) is 0 Å². The van der Waals surface area contributed by atoms with Gasteiger partial charge in [-0.25, -0.2) is 8.78 Å². The Morgan fingerprint density at radius 3 is 2.38 bits per heavy atom. The van der Waals surface area contributed by atoms with E-state index in [1.54, 1.807) is 4.90 Å². The zero-order valence-corrected chi connectivity index (χ0v) is 15.4. The maximum absolute atomic E-state index is 14.4. The van der Waals surface area contributed by atoms with Gasteiger partial charge in [0.2, 0.25) is 5.91 Å². The van der Waals surface area contributed by atoms with Gasteiger partial charge >= 0.3 is 6.18 Å². The summed E-state index contributed by atoms with van der Waals surface area (Å²) in [4.78, 5) is 18.8. The SMILES string of the molecule is CCC1C(c2ccc(F)cc2F)C2N=C(c3ccc(C(F)(F)F)cc3)CC(=O)N12. The lowest BCUT2D eigenvalue weighted by Crippen LogP contribution is -2.65. The molecule has 152 valence electrons. The number of alkyl halides is 3. The zero-order chi connectivity index (χ0) is 20.9. The Balaban J connectivity index is 1.69. The molecule has 0 N–H and O–H groups in total. The second kappa shape index (κ2) is 6.93. The quantitative estimate of drug-likeness (QED) is 0.665. The predicted molar refractivity (Wildman–Crippen MR) is 96.4 cm³/mol. The smallest absolute Gasteiger partial charge is 0.316 e. The normalized spacial score (nSPS) is 24.1. The molecule has 0 bridgehead atoms. The van der Waals surface area contributed by atoms with E-state index in [-0.39, 0.29) is 23.9 Å². The molecule has 29 heavy (non-hydrogen) atoms. The first-order chi connectivity index (χ1) is 13.7. The molecule has 1 fully saturated rings. The summed E-state index contributed by atoms with van der Waals surface area (Å²) in [5, 5.41) is 0. The van der Waals surface area contributed by atoms with Crippen LogP contribution in [0, 0.1) is 11.6 Å². The summed E-state index contributed by atoms with van der Waals surface area (Å²) in [6.45, 7) is 1.87. The third-order valence-corrected chi connectivity index (χ3v) is 5.56. The summed E-state index contributed by atoms with van der Waals surface area (Å²) < 4.78 is 66.0. The highest BCUT2D eigenvalue weighted by Gasteiger charge is 2.53. The number of rotatable bonds is 3. The minimum absolute atomic E-state index is 0.0308. The topological polar surface area (TPSA) is 32.7 Å². The van der Waals surface area contributed by atoms with Crippen LogP contribution in [-0.2, 0) is 11.0 Å². The number of hydrogen-bond acceptors (Lipinski definition) is 2. The van der Waals surface area contributed by atoms with Gasteiger partial charge in [-0.05, 0) is 35.7 Å². The van der Waals surface area contributed by atoms with Crippen LogP contribution in [0.4, 0.5) is 22.0 Å². The van der Waals surface area contributed by atoms with Crippen LogP contribution in [0.3, 0.4) is 0 Å². The average molecular weight is 408 g/mol.